The topological polar surface area (TPSA) is 55.2 Å². The molecule has 0 N–H and O–H groups in total. The summed E-state index contributed by atoms with van der Waals surface area (Å²) in [4.78, 5) is 15.2. The van der Waals surface area contributed by atoms with Crippen LogP contribution in [-0.4, -0.2) is 48.8 Å². The van der Waals surface area contributed by atoms with Crippen LogP contribution < -0.4 is 0 Å². The Bertz CT molecular complexity index is 742. The number of aryl methyl sites for hydroxylation is 1. The van der Waals surface area contributed by atoms with Crippen LogP contribution in [0.15, 0.2) is 22.8 Å². The fraction of sp³-hybridized carbons (Fsp3) is 0.792. The van der Waals surface area contributed by atoms with E-state index in [1.807, 2.05) is 12.1 Å². The van der Waals surface area contributed by atoms with Crippen LogP contribution in [-0.2, 0) is 20.7 Å². The maximum atomic E-state index is 12.8. The Kier molecular flexibility index (Phi) is 4.82. The van der Waals surface area contributed by atoms with Crippen molar-refractivity contribution in [3.05, 3.63) is 24.2 Å². The third-order valence-electron chi connectivity index (χ3n) is 8.71. The summed E-state index contributed by atoms with van der Waals surface area (Å²) in [5, 5.41) is 0. The van der Waals surface area contributed by atoms with Gasteiger partial charge >= 0.3 is 5.97 Å². The highest BCUT2D eigenvalue weighted by Gasteiger charge is 2.65. The molecule has 0 radical (unpaired) electrons. The van der Waals surface area contributed by atoms with Crippen molar-refractivity contribution in [2.24, 2.45) is 23.2 Å². The molecular formula is C24H35NO4. The number of carbonyl (C=O) groups is 1. The van der Waals surface area contributed by atoms with Crippen LogP contribution >= 0.6 is 0 Å². The number of hydrogen-bond donors (Lipinski definition) is 0. The molecule has 0 bridgehead atoms. The Morgan fingerprint density at radius 1 is 1.34 bits per heavy atom. The summed E-state index contributed by atoms with van der Waals surface area (Å²) in [6.07, 6.45) is 9.60. The number of ether oxygens (including phenoxy) is 2. The highest BCUT2D eigenvalue weighted by molar-refractivity contribution is 5.75. The Balaban J connectivity index is 1.24. The summed E-state index contributed by atoms with van der Waals surface area (Å²) < 4.78 is 17.4. The van der Waals surface area contributed by atoms with Gasteiger partial charge in [-0.25, -0.2) is 0 Å². The molecule has 29 heavy (non-hydrogen) atoms. The molecule has 4 fully saturated rings. The predicted molar refractivity (Wildman–Crippen MR) is 109 cm³/mol. The lowest BCUT2D eigenvalue weighted by Gasteiger charge is -2.51. The highest BCUT2D eigenvalue weighted by Crippen LogP contribution is 2.62. The van der Waals surface area contributed by atoms with E-state index < -0.39 is 0 Å². The number of fused-ring (bicyclic) bond motifs is 3. The number of esters is 1. The zero-order chi connectivity index (χ0) is 20.2. The van der Waals surface area contributed by atoms with E-state index in [1.54, 1.807) is 6.26 Å². The minimum absolute atomic E-state index is 0.00154. The van der Waals surface area contributed by atoms with Crippen molar-refractivity contribution >= 4 is 5.97 Å². The Morgan fingerprint density at radius 2 is 2.17 bits per heavy atom. The van der Waals surface area contributed by atoms with Gasteiger partial charge in [-0.2, -0.15) is 0 Å². The van der Waals surface area contributed by atoms with Gasteiger partial charge in [-0.15, -0.1) is 0 Å². The first kappa shape index (κ1) is 19.6. The van der Waals surface area contributed by atoms with Crippen LogP contribution in [0.1, 0.15) is 58.1 Å². The Labute approximate surface area is 174 Å². The van der Waals surface area contributed by atoms with Gasteiger partial charge in [-0.3, -0.25) is 4.79 Å². The van der Waals surface area contributed by atoms with Gasteiger partial charge in [0.25, 0.3) is 0 Å². The average Bonchev–Trinajstić information content (AvgIpc) is 3.13. The summed E-state index contributed by atoms with van der Waals surface area (Å²) in [5.41, 5.74) is 0.393. The summed E-state index contributed by atoms with van der Waals surface area (Å²) in [6.45, 7) is 6.37. The molecule has 4 aliphatic rings. The van der Waals surface area contributed by atoms with Crippen LogP contribution in [0.4, 0.5) is 0 Å². The van der Waals surface area contributed by atoms with Crippen molar-refractivity contribution in [1.82, 2.24) is 4.90 Å². The number of rotatable bonds is 6. The molecule has 1 aromatic rings. The molecule has 160 valence electrons. The zero-order valence-corrected chi connectivity index (χ0v) is 18.1. The maximum Gasteiger partial charge on any atom is 0.310 e. The molecule has 1 spiro atoms. The summed E-state index contributed by atoms with van der Waals surface area (Å²) in [5.74, 6) is 1.99. The highest BCUT2D eigenvalue weighted by atomic mass is 16.6. The van der Waals surface area contributed by atoms with Gasteiger partial charge in [0.1, 0.15) is 11.9 Å². The second-order valence-corrected chi connectivity index (χ2v) is 10.5. The third-order valence-corrected chi connectivity index (χ3v) is 8.71. The summed E-state index contributed by atoms with van der Waals surface area (Å²) in [7, 11) is 2.15. The molecule has 5 heteroatoms. The molecule has 7 atom stereocenters. The number of epoxide rings is 1. The first-order chi connectivity index (χ1) is 13.9. The lowest BCUT2D eigenvalue weighted by molar-refractivity contribution is -0.147. The van der Waals surface area contributed by atoms with Gasteiger partial charge in [0.2, 0.25) is 0 Å². The SMILES string of the molecule is CC(CCc1ccco1)N(C)CC1C(=O)OC2CC3(C)CCCC4(CO4)C3CC21. The Morgan fingerprint density at radius 3 is 2.90 bits per heavy atom. The Hall–Kier alpha value is -1.33. The lowest BCUT2D eigenvalue weighted by atomic mass is 9.53. The number of nitrogens with zero attached hydrogens (tertiary/aromatic N) is 1. The molecule has 7 unspecified atom stereocenters. The van der Waals surface area contributed by atoms with Crippen molar-refractivity contribution in [1.29, 1.82) is 0 Å². The standard InChI is InChI=1S/C24H35NO4/c1-16(7-8-17-6-4-11-27-17)25(3)14-19-18-12-21-23(2,13-20(18)29-22(19)26)9-5-10-24(21)15-28-24/h4,6,11,16,18-21H,5,7-10,12-15H2,1-3H3. The van der Waals surface area contributed by atoms with Crippen molar-refractivity contribution in [2.75, 3.05) is 20.2 Å². The quantitative estimate of drug-likeness (QED) is 0.531. The van der Waals surface area contributed by atoms with Crippen LogP contribution in [0.5, 0.6) is 0 Å². The van der Waals surface area contributed by atoms with E-state index in [0.29, 0.717) is 17.9 Å². The molecule has 2 aliphatic carbocycles. The van der Waals surface area contributed by atoms with Crippen LogP contribution in [0, 0.1) is 23.2 Å². The maximum absolute atomic E-state index is 12.8. The van der Waals surface area contributed by atoms with E-state index in [4.69, 9.17) is 13.9 Å². The lowest BCUT2D eigenvalue weighted by Crippen LogP contribution is -2.51. The van der Waals surface area contributed by atoms with Gasteiger partial charge in [-0.1, -0.05) is 6.92 Å². The molecule has 2 saturated carbocycles. The van der Waals surface area contributed by atoms with Crippen LogP contribution in [0.2, 0.25) is 0 Å². The molecule has 1 aromatic heterocycles. The fourth-order valence-corrected chi connectivity index (χ4v) is 6.68. The van der Waals surface area contributed by atoms with E-state index >= 15 is 0 Å². The normalized spacial score (nSPS) is 41.9. The van der Waals surface area contributed by atoms with E-state index in [0.717, 1.165) is 44.6 Å². The largest absolute Gasteiger partial charge is 0.469 e. The molecule has 2 aliphatic heterocycles. The van der Waals surface area contributed by atoms with E-state index in [-0.39, 0.29) is 29.0 Å². The average molecular weight is 402 g/mol. The van der Waals surface area contributed by atoms with E-state index in [2.05, 4.69) is 25.8 Å². The predicted octanol–water partition coefficient (Wildman–Crippen LogP) is 4.06. The fourth-order valence-electron chi connectivity index (χ4n) is 6.68. The second-order valence-electron chi connectivity index (χ2n) is 10.5. The summed E-state index contributed by atoms with van der Waals surface area (Å²) in [6, 6.07) is 4.37. The van der Waals surface area contributed by atoms with Gasteiger partial charge in [0.05, 0.1) is 24.4 Å². The van der Waals surface area contributed by atoms with Gasteiger partial charge in [-0.05, 0) is 76.0 Å². The van der Waals surface area contributed by atoms with Crippen LogP contribution in [0.3, 0.4) is 0 Å². The van der Waals surface area contributed by atoms with E-state index in [9.17, 15) is 4.79 Å². The monoisotopic (exact) mass is 401 g/mol. The number of furan rings is 1. The second kappa shape index (κ2) is 7.12. The van der Waals surface area contributed by atoms with Crippen molar-refractivity contribution < 1.29 is 18.7 Å². The molecule has 3 heterocycles. The van der Waals surface area contributed by atoms with Crippen LogP contribution in [0.25, 0.3) is 0 Å². The number of carbonyl (C=O) groups excluding carboxylic acids is 1. The van der Waals surface area contributed by atoms with Crippen molar-refractivity contribution in [3.63, 3.8) is 0 Å². The van der Waals surface area contributed by atoms with Gasteiger partial charge in [0.15, 0.2) is 0 Å². The smallest absolute Gasteiger partial charge is 0.310 e. The minimum Gasteiger partial charge on any atom is -0.469 e. The van der Waals surface area contributed by atoms with Crippen molar-refractivity contribution in [3.8, 4) is 0 Å². The number of hydrogen-bond acceptors (Lipinski definition) is 5. The van der Waals surface area contributed by atoms with Gasteiger partial charge in [0, 0.05) is 24.9 Å². The van der Waals surface area contributed by atoms with Crippen molar-refractivity contribution in [2.45, 2.75) is 76.5 Å². The molecule has 2 saturated heterocycles. The first-order valence-corrected chi connectivity index (χ1v) is 11.5. The molecule has 5 nitrogen and oxygen atoms in total. The molecule has 5 rings (SSSR count). The molecule has 0 amide bonds. The summed E-state index contributed by atoms with van der Waals surface area (Å²) >= 11 is 0. The third kappa shape index (κ3) is 3.44. The molecular weight excluding hydrogens is 366 g/mol. The zero-order valence-electron chi connectivity index (χ0n) is 18.1. The first-order valence-electron chi connectivity index (χ1n) is 11.5. The van der Waals surface area contributed by atoms with E-state index in [1.165, 1.54) is 19.3 Å². The molecule has 0 aromatic carbocycles. The minimum atomic E-state index is -0.00154. The van der Waals surface area contributed by atoms with Gasteiger partial charge < -0.3 is 18.8 Å².